The Morgan fingerprint density at radius 1 is 1.03 bits per heavy atom. The molecule has 1 heterocycles. The molecule has 35 heavy (non-hydrogen) atoms. The van der Waals surface area contributed by atoms with Gasteiger partial charge in [0.1, 0.15) is 5.75 Å². The van der Waals surface area contributed by atoms with Crippen molar-refractivity contribution >= 4 is 72.4 Å². The largest absolute Gasteiger partial charge is 0.481 e. The number of ether oxygens (including phenoxy) is 1. The smallest absolute Gasteiger partial charge is 0.293 e. The fourth-order valence-corrected chi connectivity index (χ4v) is 5.70. The first-order valence-corrected chi connectivity index (χ1v) is 13.0. The lowest BCUT2D eigenvalue weighted by atomic mass is 10.2. The molecular weight excluding hydrogens is 596 g/mol. The molecule has 1 saturated heterocycles. The van der Waals surface area contributed by atoms with Crippen LogP contribution < -0.4 is 10.1 Å². The van der Waals surface area contributed by atoms with Crippen LogP contribution in [-0.2, 0) is 16.1 Å². The molecule has 3 aromatic carbocycles. The summed E-state index contributed by atoms with van der Waals surface area (Å²) in [5.74, 6) is -0.159. The molecule has 3 amide bonds. The maximum absolute atomic E-state index is 12.8. The topological polar surface area (TPSA) is 75.7 Å². The van der Waals surface area contributed by atoms with Gasteiger partial charge in [-0.15, -0.1) is 0 Å². The van der Waals surface area contributed by atoms with Crippen LogP contribution in [0.25, 0.3) is 6.08 Å². The zero-order valence-corrected chi connectivity index (χ0v) is 22.6. The number of hydrogen-bond acceptors (Lipinski definition) is 5. The molecule has 0 aromatic heterocycles. The van der Waals surface area contributed by atoms with Gasteiger partial charge in [-0.2, -0.15) is 0 Å². The van der Waals surface area contributed by atoms with E-state index in [0.717, 1.165) is 22.9 Å². The maximum Gasteiger partial charge on any atom is 0.293 e. The molecule has 3 aromatic rings. The third-order valence-electron chi connectivity index (χ3n) is 5.02. The van der Waals surface area contributed by atoms with Crippen molar-refractivity contribution in [3.63, 3.8) is 0 Å². The molecule has 0 radical (unpaired) electrons. The first kappa shape index (κ1) is 25.2. The quantitative estimate of drug-likeness (QED) is 0.297. The summed E-state index contributed by atoms with van der Waals surface area (Å²) in [7, 11) is 0. The van der Waals surface area contributed by atoms with Gasteiger partial charge in [-0.1, -0.05) is 42.5 Å². The second-order valence-electron chi connectivity index (χ2n) is 7.77. The number of nitrogens with one attached hydrogen (secondary N) is 1. The Kier molecular flexibility index (Phi) is 8.10. The minimum Gasteiger partial charge on any atom is -0.481 e. The molecule has 178 valence electrons. The van der Waals surface area contributed by atoms with Crippen LogP contribution in [0.4, 0.5) is 10.5 Å². The van der Waals surface area contributed by atoms with Gasteiger partial charge >= 0.3 is 0 Å². The van der Waals surface area contributed by atoms with Gasteiger partial charge in [0.05, 0.1) is 20.4 Å². The molecule has 1 N–H and O–H groups in total. The predicted molar refractivity (Wildman–Crippen MR) is 145 cm³/mol. The van der Waals surface area contributed by atoms with Crippen LogP contribution in [-0.4, -0.2) is 28.6 Å². The second kappa shape index (κ2) is 11.2. The summed E-state index contributed by atoms with van der Waals surface area (Å²) in [6.07, 6.45) is 1.67. The molecule has 4 rings (SSSR count). The standard InChI is InChI=1S/C26H20Br2N2O4S/c1-16-6-5-9-19(10-16)29-23(31)15-34-24-20(27)11-18(12-21(24)28)13-22-25(32)30(26(33)35-22)14-17-7-3-2-4-8-17/h2-13H,14-15H2,1H3,(H,29,31)/b22-13-. The molecule has 0 atom stereocenters. The first-order valence-electron chi connectivity index (χ1n) is 10.6. The third kappa shape index (κ3) is 6.42. The number of halogens is 2. The number of imide groups is 1. The number of amides is 3. The van der Waals surface area contributed by atoms with E-state index in [4.69, 9.17) is 4.74 Å². The maximum atomic E-state index is 12.8. The number of nitrogens with zero attached hydrogens (tertiary/aromatic N) is 1. The predicted octanol–water partition coefficient (Wildman–Crippen LogP) is 6.77. The van der Waals surface area contributed by atoms with Gasteiger partial charge in [-0.05, 0) is 97.6 Å². The normalized spacial score (nSPS) is 14.5. The van der Waals surface area contributed by atoms with Crippen molar-refractivity contribution in [2.75, 3.05) is 11.9 Å². The lowest BCUT2D eigenvalue weighted by Gasteiger charge is -2.12. The van der Waals surface area contributed by atoms with Gasteiger partial charge in [0.25, 0.3) is 17.1 Å². The van der Waals surface area contributed by atoms with Gasteiger partial charge in [0, 0.05) is 5.69 Å². The monoisotopic (exact) mass is 614 g/mol. The highest BCUT2D eigenvalue weighted by Crippen LogP contribution is 2.38. The Labute approximate surface area is 224 Å². The number of hydrogen-bond donors (Lipinski definition) is 1. The van der Waals surface area contributed by atoms with E-state index in [1.807, 2.05) is 61.5 Å². The molecule has 6 nitrogen and oxygen atoms in total. The zero-order chi connectivity index (χ0) is 24.9. The lowest BCUT2D eigenvalue weighted by Crippen LogP contribution is -2.27. The Morgan fingerprint density at radius 2 is 1.74 bits per heavy atom. The van der Waals surface area contributed by atoms with Crippen molar-refractivity contribution in [2.45, 2.75) is 13.5 Å². The van der Waals surface area contributed by atoms with Crippen LogP contribution in [0, 0.1) is 6.92 Å². The molecule has 0 unspecified atom stereocenters. The number of aryl methyl sites for hydroxylation is 1. The van der Waals surface area contributed by atoms with Crippen LogP contribution >= 0.6 is 43.6 Å². The summed E-state index contributed by atoms with van der Waals surface area (Å²) in [6.45, 7) is 2.00. The van der Waals surface area contributed by atoms with Crippen LogP contribution in [0.5, 0.6) is 5.75 Å². The molecule has 0 aliphatic carbocycles. The van der Waals surface area contributed by atoms with E-state index in [1.165, 1.54) is 4.90 Å². The zero-order valence-electron chi connectivity index (χ0n) is 18.6. The van der Waals surface area contributed by atoms with E-state index < -0.39 is 0 Å². The van der Waals surface area contributed by atoms with Crippen LogP contribution in [0.2, 0.25) is 0 Å². The third-order valence-corrected chi connectivity index (χ3v) is 7.11. The summed E-state index contributed by atoms with van der Waals surface area (Å²) in [5.41, 5.74) is 3.33. The molecule has 0 bridgehead atoms. The fraction of sp³-hybridized carbons (Fsp3) is 0.115. The van der Waals surface area contributed by atoms with Crippen molar-refractivity contribution in [3.05, 3.63) is 97.3 Å². The van der Waals surface area contributed by atoms with E-state index in [-0.39, 0.29) is 30.2 Å². The van der Waals surface area contributed by atoms with E-state index in [0.29, 0.717) is 30.9 Å². The highest BCUT2D eigenvalue weighted by molar-refractivity contribution is 9.11. The molecule has 9 heteroatoms. The molecule has 0 saturated carbocycles. The van der Waals surface area contributed by atoms with E-state index in [1.54, 1.807) is 18.2 Å². The lowest BCUT2D eigenvalue weighted by molar-refractivity contribution is -0.123. The minimum atomic E-state index is -0.329. The summed E-state index contributed by atoms with van der Waals surface area (Å²) in [6, 6.07) is 20.4. The number of carbonyl (C=O) groups excluding carboxylic acids is 3. The second-order valence-corrected chi connectivity index (χ2v) is 10.5. The summed E-state index contributed by atoms with van der Waals surface area (Å²) < 4.78 is 6.92. The molecular formula is C26H20Br2N2O4S. The van der Waals surface area contributed by atoms with Gasteiger partial charge in [-0.25, -0.2) is 0 Å². The SMILES string of the molecule is Cc1cccc(NC(=O)COc2c(Br)cc(/C=C3\SC(=O)N(Cc4ccccc4)C3=O)cc2Br)c1. The fourth-order valence-electron chi connectivity index (χ4n) is 3.41. The molecule has 1 aliphatic heterocycles. The van der Waals surface area contributed by atoms with Crippen molar-refractivity contribution in [2.24, 2.45) is 0 Å². The van der Waals surface area contributed by atoms with Crippen molar-refractivity contribution < 1.29 is 19.1 Å². The van der Waals surface area contributed by atoms with Crippen LogP contribution in [0.15, 0.2) is 80.6 Å². The Morgan fingerprint density at radius 3 is 2.43 bits per heavy atom. The molecule has 1 fully saturated rings. The first-order chi connectivity index (χ1) is 16.8. The molecule has 0 spiro atoms. The number of thioether (sulfide) groups is 1. The van der Waals surface area contributed by atoms with Crippen LogP contribution in [0.3, 0.4) is 0 Å². The van der Waals surface area contributed by atoms with Crippen LogP contribution in [0.1, 0.15) is 16.7 Å². The van der Waals surface area contributed by atoms with E-state index in [9.17, 15) is 14.4 Å². The number of rotatable bonds is 7. The molecule has 1 aliphatic rings. The van der Waals surface area contributed by atoms with E-state index in [2.05, 4.69) is 37.2 Å². The number of anilines is 1. The van der Waals surface area contributed by atoms with Gasteiger partial charge in [0.2, 0.25) is 0 Å². The Balaban J connectivity index is 1.43. The van der Waals surface area contributed by atoms with E-state index >= 15 is 0 Å². The average molecular weight is 616 g/mol. The number of benzene rings is 3. The average Bonchev–Trinajstić information content (AvgIpc) is 3.06. The van der Waals surface area contributed by atoms with Crippen molar-refractivity contribution in [1.29, 1.82) is 0 Å². The van der Waals surface area contributed by atoms with Crippen molar-refractivity contribution in [3.8, 4) is 5.75 Å². The summed E-state index contributed by atoms with van der Waals surface area (Å²) in [5, 5.41) is 2.50. The highest BCUT2D eigenvalue weighted by Gasteiger charge is 2.35. The van der Waals surface area contributed by atoms with Gasteiger partial charge < -0.3 is 10.1 Å². The van der Waals surface area contributed by atoms with Gasteiger partial charge in [-0.3, -0.25) is 19.3 Å². The van der Waals surface area contributed by atoms with Crippen molar-refractivity contribution in [1.82, 2.24) is 4.90 Å². The minimum absolute atomic E-state index is 0.178. The Bertz CT molecular complexity index is 1300. The van der Waals surface area contributed by atoms with Gasteiger partial charge in [0.15, 0.2) is 6.61 Å². The Hall–Kier alpha value is -2.88. The summed E-state index contributed by atoms with van der Waals surface area (Å²) >= 11 is 7.86. The number of carbonyl (C=O) groups is 3. The highest BCUT2D eigenvalue weighted by atomic mass is 79.9. The summed E-state index contributed by atoms with van der Waals surface area (Å²) in [4.78, 5) is 39.1.